The molecule has 64 valence electrons. The van der Waals surface area contributed by atoms with Gasteiger partial charge in [-0.1, -0.05) is 13.3 Å². The zero-order valence-corrected chi connectivity index (χ0v) is 8.10. The fourth-order valence-corrected chi connectivity index (χ4v) is 1.97. The van der Waals surface area contributed by atoms with Crippen LogP contribution < -0.4 is 0 Å². The lowest BCUT2D eigenvalue weighted by atomic mass is 10.4. The molecule has 11 heavy (non-hydrogen) atoms. The summed E-state index contributed by atoms with van der Waals surface area (Å²) in [5.41, 5.74) is 0. The molecule has 0 aromatic rings. The molecular weight excluding hydrogens is 156 g/mol. The first kappa shape index (κ1) is 8.78. The summed E-state index contributed by atoms with van der Waals surface area (Å²) in [5.74, 6) is 1.24. The Labute approximate surface area is 73.4 Å². The lowest BCUT2D eigenvalue weighted by Crippen LogP contribution is -2.16. The maximum atomic E-state index is 2.27. The van der Waals surface area contributed by atoms with Crippen LogP contribution in [0.3, 0.4) is 0 Å². The molecule has 0 fully saturated rings. The molecule has 1 aliphatic rings. The summed E-state index contributed by atoms with van der Waals surface area (Å²) in [5, 5.41) is 0. The standard InChI is InChI=1S/C8H16N2S/c1-3-4-7-11-10-6-5-9(2)8-10/h5-6H,3-4,7-8H2,1-2H3. The van der Waals surface area contributed by atoms with Gasteiger partial charge in [-0.2, -0.15) is 0 Å². The van der Waals surface area contributed by atoms with Gasteiger partial charge in [-0.05, 0) is 18.4 Å². The summed E-state index contributed by atoms with van der Waals surface area (Å²) in [4.78, 5) is 2.18. The highest BCUT2D eigenvalue weighted by Gasteiger charge is 2.07. The van der Waals surface area contributed by atoms with E-state index in [-0.39, 0.29) is 0 Å². The Morgan fingerprint density at radius 1 is 1.45 bits per heavy atom. The van der Waals surface area contributed by atoms with E-state index in [1.807, 2.05) is 11.9 Å². The SMILES string of the molecule is CCCCSN1C=CN(C)C1. The van der Waals surface area contributed by atoms with Gasteiger partial charge in [-0.25, -0.2) is 0 Å². The van der Waals surface area contributed by atoms with E-state index >= 15 is 0 Å². The van der Waals surface area contributed by atoms with Crippen LogP contribution in [0.25, 0.3) is 0 Å². The molecule has 1 aliphatic heterocycles. The van der Waals surface area contributed by atoms with E-state index < -0.39 is 0 Å². The summed E-state index contributed by atoms with van der Waals surface area (Å²) in [6.45, 7) is 3.26. The smallest absolute Gasteiger partial charge is 0.0996 e. The van der Waals surface area contributed by atoms with Crippen molar-refractivity contribution >= 4 is 11.9 Å². The third-order valence-corrected chi connectivity index (χ3v) is 2.64. The second-order valence-electron chi connectivity index (χ2n) is 2.80. The Kier molecular flexibility index (Phi) is 3.63. The van der Waals surface area contributed by atoms with Crippen molar-refractivity contribution in [3.05, 3.63) is 12.4 Å². The highest BCUT2D eigenvalue weighted by molar-refractivity contribution is 7.97. The predicted octanol–water partition coefficient (Wildman–Crippen LogP) is 2.11. The van der Waals surface area contributed by atoms with E-state index in [1.54, 1.807) is 0 Å². The molecule has 1 rings (SSSR count). The third-order valence-electron chi connectivity index (χ3n) is 1.60. The van der Waals surface area contributed by atoms with Crippen LogP contribution in [0, 0.1) is 0 Å². The van der Waals surface area contributed by atoms with E-state index in [2.05, 4.69) is 35.6 Å². The number of nitrogens with zero attached hydrogens (tertiary/aromatic N) is 2. The van der Waals surface area contributed by atoms with E-state index in [0.717, 1.165) is 6.67 Å². The van der Waals surface area contributed by atoms with Gasteiger partial charge < -0.3 is 9.21 Å². The number of hydrogen-bond acceptors (Lipinski definition) is 3. The summed E-state index contributed by atoms with van der Waals surface area (Å²) >= 11 is 1.92. The van der Waals surface area contributed by atoms with Crippen molar-refractivity contribution in [2.45, 2.75) is 19.8 Å². The Bertz CT molecular complexity index is 136. The van der Waals surface area contributed by atoms with Gasteiger partial charge in [0.15, 0.2) is 0 Å². The Morgan fingerprint density at radius 2 is 2.27 bits per heavy atom. The van der Waals surface area contributed by atoms with E-state index in [4.69, 9.17) is 0 Å². The lowest BCUT2D eigenvalue weighted by Gasteiger charge is -2.15. The molecule has 0 N–H and O–H groups in total. The zero-order valence-electron chi connectivity index (χ0n) is 7.29. The van der Waals surface area contributed by atoms with E-state index in [1.165, 1.54) is 18.6 Å². The first-order chi connectivity index (χ1) is 5.33. The zero-order chi connectivity index (χ0) is 8.10. The van der Waals surface area contributed by atoms with Crippen LogP contribution in [-0.4, -0.2) is 28.7 Å². The van der Waals surface area contributed by atoms with Gasteiger partial charge in [-0.3, -0.25) is 0 Å². The Hall–Kier alpha value is -0.310. The lowest BCUT2D eigenvalue weighted by molar-refractivity contribution is 0.409. The van der Waals surface area contributed by atoms with Gasteiger partial charge in [0.05, 0.1) is 6.67 Å². The second-order valence-corrected chi connectivity index (χ2v) is 3.94. The van der Waals surface area contributed by atoms with Gasteiger partial charge in [0.1, 0.15) is 0 Å². The van der Waals surface area contributed by atoms with Crippen LogP contribution in [0.2, 0.25) is 0 Å². The molecule has 0 aliphatic carbocycles. The van der Waals surface area contributed by atoms with Crippen molar-refractivity contribution in [1.29, 1.82) is 0 Å². The van der Waals surface area contributed by atoms with Gasteiger partial charge in [-0.15, -0.1) is 0 Å². The normalized spacial score (nSPS) is 16.5. The molecular formula is C8H16N2S. The Morgan fingerprint density at radius 3 is 2.82 bits per heavy atom. The van der Waals surface area contributed by atoms with Crippen LogP contribution in [0.15, 0.2) is 12.4 Å². The molecule has 3 heteroatoms. The van der Waals surface area contributed by atoms with Crippen LogP contribution in [0.4, 0.5) is 0 Å². The van der Waals surface area contributed by atoms with E-state index in [9.17, 15) is 0 Å². The van der Waals surface area contributed by atoms with Gasteiger partial charge in [0, 0.05) is 25.2 Å². The highest BCUT2D eigenvalue weighted by Crippen LogP contribution is 2.16. The molecule has 1 heterocycles. The molecule has 0 aromatic heterocycles. The van der Waals surface area contributed by atoms with Crippen LogP contribution in [0.5, 0.6) is 0 Å². The quantitative estimate of drug-likeness (QED) is 0.474. The molecule has 0 spiro atoms. The van der Waals surface area contributed by atoms with Crippen molar-refractivity contribution in [3.63, 3.8) is 0 Å². The maximum Gasteiger partial charge on any atom is 0.0996 e. The molecule has 0 unspecified atom stereocenters. The van der Waals surface area contributed by atoms with Crippen molar-refractivity contribution in [3.8, 4) is 0 Å². The molecule has 0 aromatic carbocycles. The minimum Gasteiger partial charge on any atom is -0.361 e. The summed E-state index contributed by atoms with van der Waals surface area (Å²) in [6.07, 6.45) is 6.86. The maximum absolute atomic E-state index is 2.27. The molecule has 0 bridgehead atoms. The first-order valence-electron chi connectivity index (χ1n) is 4.11. The van der Waals surface area contributed by atoms with Gasteiger partial charge in [0.25, 0.3) is 0 Å². The minimum atomic E-state index is 1.04. The monoisotopic (exact) mass is 172 g/mol. The fourth-order valence-electron chi connectivity index (χ4n) is 0.912. The topological polar surface area (TPSA) is 6.48 Å². The van der Waals surface area contributed by atoms with Crippen molar-refractivity contribution in [2.75, 3.05) is 19.5 Å². The first-order valence-corrected chi connectivity index (χ1v) is 5.05. The van der Waals surface area contributed by atoms with Gasteiger partial charge >= 0.3 is 0 Å². The highest BCUT2D eigenvalue weighted by atomic mass is 32.2. The average Bonchev–Trinajstić information content (AvgIpc) is 2.37. The molecule has 0 amide bonds. The minimum absolute atomic E-state index is 1.04. The third kappa shape index (κ3) is 3.06. The average molecular weight is 172 g/mol. The van der Waals surface area contributed by atoms with E-state index in [0.29, 0.717) is 0 Å². The predicted molar refractivity (Wildman–Crippen MR) is 51.0 cm³/mol. The Balaban J connectivity index is 2.05. The van der Waals surface area contributed by atoms with Crippen LogP contribution >= 0.6 is 11.9 Å². The summed E-state index contributed by atoms with van der Waals surface area (Å²) < 4.78 is 2.27. The second kappa shape index (κ2) is 4.54. The van der Waals surface area contributed by atoms with Crippen molar-refractivity contribution < 1.29 is 0 Å². The van der Waals surface area contributed by atoms with Crippen LogP contribution in [0.1, 0.15) is 19.8 Å². The molecule has 2 nitrogen and oxygen atoms in total. The molecule has 0 atom stereocenters. The number of rotatable bonds is 4. The fraction of sp³-hybridized carbons (Fsp3) is 0.750. The van der Waals surface area contributed by atoms with Gasteiger partial charge in [0.2, 0.25) is 0 Å². The largest absolute Gasteiger partial charge is 0.361 e. The molecule has 0 radical (unpaired) electrons. The molecule has 0 saturated carbocycles. The summed E-state index contributed by atoms with van der Waals surface area (Å²) in [6, 6.07) is 0. The summed E-state index contributed by atoms with van der Waals surface area (Å²) in [7, 11) is 2.09. The van der Waals surface area contributed by atoms with Crippen molar-refractivity contribution in [1.82, 2.24) is 9.21 Å². The number of unbranched alkanes of at least 4 members (excludes halogenated alkanes) is 1. The number of hydrogen-bond donors (Lipinski definition) is 0. The van der Waals surface area contributed by atoms with Crippen LogP contribution in [-0.2, 0) is 0 Å². The molecule has 0 saturated heterocycles. The van der Waals surface area contributed by atoms with Crippen molar-refractivity contribution in [2.24, 2.45) is 0 Å².